The summed E-state index contributed by atoms with van der Waals surface area (Å²) in [4.78, 5) is 0. The van der Waals surface area contributed by atoms with E-state index >= 15 is 0 Å². The Labute approximate surface area is 477 Å². The fraction of sp³-hybridized carbons (Fsp3) is 0.123. The van der Waals surface area contributed by atoms with Gasteiger partial charge in [-0.1, -0.05) is 231 Å². The summed E-state index contributed by atoms with van der Waals surface area (Å²) in [5, 5.41) is 10.1. The van der Waals surface area contributed by atoms with Gasteiger partial charge in [0.1, 0.15) is 0 Å². The number of fused-ring (bicyclic) bond motifs is 4. The first-order valence-corrected chi connectivity index (χ1v) is 28.4. The zero-order chi connectivity index (χ0) is 54.1. The number of halogens is 2. The molecule has 0 aromatic heterocycles. The Balaban J connectivity index is 0.000000141. The van der Waals surface area contributed by atoms with Gasteiger partial charge in [0.25, 0.3) is 0 Å². The van der Waals surface area contributed by atoms with E-state index in [1.807, 2.05) is 0 Å². The minimum atomic E-state index is -0.311. The second kappa shape index (κ2) is 22.2. The average Bonchev–Trinajstić information content (AvgIpc) is 3.86. The van der Waals surface area contributed by atoms with E-state index in [-0.39, 0.29) is 18.3 Å². The van der Waals surface area contributed by atoms with Crippen LogP contribution in [0.15, 0.2) is 252 Å². The number of benzene rings is 12. The summed E-state index contributed by atoms with van der Waals surface area (Å²) in [5.41, 5.74) is 16.9. The highest BCUT2D eigenvalue weighted by Gasteiger charge is 2.51. The molecule has 0 unspecified atom stereocenters. The van der Waals surface area contributed by atoms with Crippen LogP contribution in [-0.4, -0.2) is 18.3 Å². The van der Waals surface area contributed by atoms with Gasteiger partial charge in [-0.3, -0.25) is 0 Å². The molecule has 0 spiro atoms. The Morgan fingerprint density at radius 1 is 0.295 bits per heavy atom. The molecular weight excluding hydrogens is 1080 g/mol. The lowest BCUT2D eigenvalue weighted by atomic mass is 9.78. The summed E-state index contributed by atoms with van der Waals surface area (Å²) in [5.74, 6) is 0. The Hall–Kier alpha value is -7.38. The predicted octanol–water partition coefficient (Wildman–Crippen LogP) is 20.8. The number of aryl methyl sites for hydroxylation is 3. The van der Waals surface area contributed by atoms with Crippen molar-refractivity contribution in [1.82, 2.24) is 0 Å². The molecule has 0 aliphatic carbocycles. The van der Waals surface area contributed by atoms with E-state index < -0.39 is 0 Å². The zero-order valence-electron chi connectivity index (χ0n) is 45.2. The van der Waals surface area contributed by atoms with Gasteiger partial charge in [-0.15, -0.1) is 0 Å². The Kier molecular flexibility index (Phi) is 15.0. The van der Waals surface area contributed by atoms with Crippen LogP contribution in [0.1, 0.15) is 44.4 Å². The molecule has 382 valence electrons. The van der Waals surface area contributed by atoms with E-state index in [0.29, 0.717) is 0 Å². The maximum absolute atomic E-state index is 6.15. The summed E-state index contributed by atoms with van der Waals surface area (Å²) in [6, 6.07) is 86.8. The van der Waals surface area contributed by atoms with Gasteiger partial charge in [0.2, 0.25) is 0 Å². The highest BCUT2D eigenvalue weighted by Crippen LogP contribution is 2.46. The van der Waals surface area contributed by atoms with E-state index in [0.717, 1.165) is 5.46 Å². The van der Waals surface area contributed by atoms with Gasteiger partial charge in [-0.05, 0) is 213 Å². The van der Waals surface area contributed by atoms with Gasteiger partial charge in [0, 0.05) is 8.95 Å². The molecule has 0 saturated carbocycles. The van der Waals surface area contributed by atoms with E-state index in [4.69, 9.17) is 9.31 Å². The number of hydrogen-bond acceptors (Lipinski definition) is 2. The van der Waals surface area contributed by atoms with Crippen molar-refractivity contribution >= 4 is 87.5 Å². The van der Waals surface area contributed by atoms with Crippen molar-refractivity contribution in [3.05, 3.63) is 268 Å². The summed E-state index contributed by atoms with van der Waals surface area (Å²) in [6.07, 6.45) is 0. The third kappa shape index (κ3) is 10.3. The lowest BCUT2D eigenvalue weighted by Gasteiger charge is -2.32. The third-order valence-corrected chi connectivity index (χ3v) is 17.5. The Morgan fingerprint density at radius 3 is 0.897 bits per heavy atom. The molecule has 1 saturated heterocycles. The average molecular weight is 1140 g/mol. The zero-order valence-corrected chi connectivity index (χ0v) is 48.4. The molecule has 1 aliphatic heterocycles. The number of rotatable bonds is 6. The van der Waals surface area contributed by atoms with Crippen LogP contribution in [0.3, 0.4) is 0 Å². The molecule has 12 aromatic rings. The molecule has 13 rings (SSSR count). The van der Waals surface area contributed by atoms with Gasteiger partial charge in [-0.25, -0.2) is 0 Å². The van der Waals surface area contributed by atoms with Crippen LogP contribution in [0.25, 0.3) is 98.7 Å². The van der Waals surface area contributed by atoms with Crippen molar-refractivity contribution in [3.8, 4) is 55.6 Å². The highest BCUT2D eigenvalue weighted by atomic mass is 79.9. The topological polar surface area (TPSA) is 18.5 Å². The first kappa shape index (κ1) is 52.7. The second-order valence-corrected chi connectivity index (χ2v) is 23.0. The molecule has 2 nitrogen and oxygen atoms in total. The van der Waals surface area contributed by atoms with Gasteiger partial charge in [-0.2, -0.15) is 0 Å². The predicted molar refractivity (Wildman–Crippen MR) is 342 cm³/mol. The van der Waals surface area contributed by atoms with Gasteiger partial charge < -0.3 is 9.31 Å². The molecule has 1 heterocycles. The normalized spacial score (nSPS) is 13.5. The molecule has 0 atom stereocenters. The lowest BCUT2D eigenvalue weighted by molar-refractivity contribution is 0.00578. The maximum atomic E-state index is 6.15. The van der Waals surface area contributed by atoms with Crippen molar-refractivity contribution in [2.75, 3.05) is 0 Å². The SMILES string of the molecule is Brc1c2ccccc2c(Br)c2ccccc12.Cc1ccccc1-c1cccc(-c2c3ccccc3c(-c3cccc(-c4ccccc4C)c3)c3ccccc23)c1.Cc1ccccc1-c1cccc(B2OC(C)(C)C(C)(C)O2)c1. The van der Waals surface area contributed by atoms with Crippen molar-refractivity contribution in [2.45, 2.75) is 59.7 Å². The van der Waals surface area contributed by atoms with Crippen LogP contribution < -0.4 is 5.46 Å². The molecule has 78 heavy (non-hydrogen) atoms. The second-order valence-electron chi connectivity index (χ2n) is 21.4. The summed E-state index contributed by atoms with van der Waals surface area (Å²) in [6.45, 7) is 14.8. The smallest absolute Gasteiger partial charge is 0.399 e. The van der Waals surface area contributed by atoms with Crippen molar-refractivity contribution in [1.29, 1.82) is 0 Å². The Morgan fingerprint density at radius 2 is 0.564 bits per heavy atom. The minimum Gasteiger partial charge on any atom is -0.399 e. The molecule has 12 aromatic carbocycles. The maximum Gasteiger partial charge on any atom is 0.494 e. The Bertz CT molecular complexity index is 3860. The minimum absolute atomic E-state index is 0.309. The van der Waals surface area contributed by atoms with Crippen LogP contribution in [0.2, 0.25) is 0 Å². The molecular formula is C73H61BBr2O2. The fourth-order valence-corrected chi connectivity index (χ4v) is 12.4. The van der Waals surface area contributed by atoms with Crippen molar-refractivity contribution in [3.63, 3.8) is 0 Å². The van der Waals surface area contributed by atoms with Crippen molar-refractivity contribution < 1.29 is 9.31 Å². The van der Waals surface area contributed by atoms with Crippen LogP contribution in [0, 0.1) is 20.8 Å². The summed E-state index contributed by atoms with van der Waals surface area (Å²) < 4.78 is 14.6. The highest BCUT2D eigenvalue weighted by molar-refractivity contribution is 9.11. The fourth-order valence-electron chi connectivity index (χ4n) is 11.0. The van der Waals surface area contributed by atoms with E-state index in [1.165, 1.54) is 124 Å². The molecule has 0 amide bonds. The monoisotopic (exact) mass is 1140 g/mol. The molecule has 1 fully saturated rings. The third-order valence-electron chi connectivity index (χ3n) is 15.8. The van der Waals surface area contributed by atoms with E-state index in [2.05, 4.69) is 323 Å². The standard InChI is InChI=1S/C40H30.C19H23BO2.C14H8Br2/c1-27-13-3-5-19-33(27)29-15-11-17-31(25-29)39-35-21-7-9-23-37(35)40(38-24-10-8-22-36(38)39)32-18-12-16-30(26-32)34-20-6-4-14-28(34)2;1-14-9-6-7-12-17(14)15-10-8-11-16(13-15)20-21-18(2,3)19(4,5)22-20;15-13-9-5-1-2-6-10(9)14(16)12-8-4-3-7-11(12)13/h3-26H,1-2H3;6-13H,1-5H3;1-8H. The summed E-state index contributed by atoms with van der Waals surface area (Å²) in [7, 11) is -0.311. The van der Waals surface area contributed by atoms with Crippen molar-refractivity contribution in [2.24, 2.45) is 0 Å². The first-order chi connectivity index (χ1) is 37.8. The van der Waals surface area contributed by atoms with Crippen LogP contribution in [0.4, 0.5) is 0 Å². The molecule has 1 aliphatic rings. The number of hydrogen-bond donors (Lipinski definition) is 0. The van der Waals surface area contributed by atoms with E-state index in [9.17, 15) is 0 Å². The first-order valence-electron chi connectivity index (χ1n) is 26.8. The molecule has 0 bridgehead atoms. The van der Waals surface area contributed by atoms with Crippen LogP contribution >= 0.6 is 31.9 Å². The summed E-state index contributed by atoms with van der Waals surface area (Å²) >= 11 is 7.39. The van der Waals surface area contributed by atoms with Crippen LogP contribution in [0.5, 0.6) is 0 Å². The quantitative estimate of drug-likeness (QED) is 0.122. The van der Waals surface area contributed by atoms with Gasteiger partial charge in [0.05, 0.1) is 11.2 Å². The molecule has 5 heteroatoms. The van der Waals surface area contributed by atoms with Crippen LogP contribution in [-0.2, 0) is 9.31 Å². The lowest BCUT2D eigenvalue weighted by Crippen LogP contribution is -2.41. The van der Waals surface area contributed by atoms with Gasteiger partial charge in [0.15, 0.2) is 0 Å². The molecule has 0 N–H and O–H groups in total. The van der Waals surface area contributed by atoms with Gasteiger partial charge >= 0.3 is 7.12 Å². The van der Waals surface area contributed by atoms with E-state index in [1.54, 1.807) is 0 Å². The molecule has 0 radical (unpaired) electrons. The largest absolute Gasteiger partial charge is 0.494 e.